The maximum absolute atomic E-state index is 5.66. The van der Waals surface area contributed by atoms with E-state index < -0.39 is 0 Å². The van der Waals surface area contributed by atoms with Gasteiger partial charge in [0.1, 0.15) is 10.7 Å². The first-order valence-corrected chi connectivity index (χ1v) is 8.81. The van der Waals surface area contributed by atoms with Crippen LogP contribution < -0.4 is 9.64 Å². The Kier molecular flexibility index (Phi) is 5.18. The van der Waals surface area contributed by atoms with Gasteiger partial charge in [0.05, 0.1) is 7.11 Å². The molecule has 1 fully saturated rings. The van der Waals surface area contributed by atoms with E-state index in [0.717, 1.165) is 47.0 Å². The van der Waals surface area contributed by atoms with Crippen LogP contribution in [-0.4, -0.2) is 43.2 Å². The van der Waals surface area contributed by atoms with Crippen molar-refractivity contribution in [3.05, 3.63) is 58.6 Å². The van der Waals surface area contributed by atoms with Gasteiger partial charge in [-0.05, 0) is 36.4 Å². The van der Waals surface area contributed by atoms with Crippen molar-refractivity contribution in [2.45, 2.75) is 0 Å². The van der Waals surface area contributed by atoms with Crippen LogP contribution in [0.15, 0.2) is 53.0 Å². The minimum Gasteiger partial charge on any atom is -0.497 e. The van der Waals surface area contributed by atoms with Crippen LogP contribution in [0.3, 0.4) is 0 Å². The molecule has 5 heteroatoms. The van der Waals surface area contributed by atoms with E-state index in [9.17, 15) is 0 Å². The first-order valence-electron chi connectivity index (χ1n) is 7.61. The molecule has 0 unspecified atom stereocenters. The number of halogens is 1. The third kappa shape index (κ3) is 3.85. The molecule has 0 aliphatic carbocycles. The van der Waals surface area contributed by atoms with Gasteiger partial charge in [-0.3, -0.25) is 0 Å². The Hall–Kier alpha value is -1.59. The average molecular weight is 391 g/mol. The summed E-state index contributed by atoms with van der Waals surface area (Å²) in [5.74, 6) is 0.892. The Morgan fingerprint density at radius 2 is 1.74 bits per heavy atom. The Labute approximate surface area is 151 Å². The van der Waals surface area contributed by atoms with Crippen molar-refractivity contribution in [2.75, 3.05) is 38.2 Å². The molecule has 2 aromatic rings. The molecule has 0 aromatic heterocycles. The smallest absolute Gasteiger partial charge is 0.119 e. The number of ether oxygens (including phenoxy) is 1. The largest absolute Gasteiger partial charge is 0.497 e. The molecule has 120 valence electrons. The van der Waals surface area contributed by atoms with Crippen LogP contribution in [0.4, 0.5) is 5.69 Å². The first-order chi connectivity index (χ1) is 11.2. The second-order valence-corrected chi connectivity index (χ2v) is 6.79. The maximum Gasteiger partial charge on any atom is 0.119 e. The molecule has 0 atom stereocenters. The fourth-order valence-electron chi connectivity index (χ4n) is 2.76. The molecule has 0 radical (unpaired) electrons. The van der Waals surface area contributed by atoms with Crippen LogP contribution >= 0.6 is 28.1 Å². The maximum atomic E-state index is 5.66. The third-order valence-corrected chi connectivity index (χ3v) is 5.06. The molecule has 3 nitrogen and oxygen atoms in total. The normalized spacial score (nSPS) is 14.7. The zero-order valence-electron chi connectivity index (χ0n) is 13.0. The molecule has 1 aliphatic rings. The van der Waals surface area contributed by atoms with Crippen LogP contribution in [-0.2, 0) is 0 Å². The van der Waals surface area contributed by atoms with Crippen molar-refractivity contribution < 1.29 is 4.74 Å². The van der Waals surface area contributed by atoms with Gasteiger partial charge in [-0.15, -0.1) is 0 Å². The molecule has 1 aliphatic heterocycles. The molecule has 1 saturated heterocycles. The summed E-state index contributed by atoms with van der Waals surface area (Å²) >= 11 is 9.17. The molecule has 2 aromatic carbocycles. The number of rotatable bonds is 3. The van der Waals surface area contributed by atoms with Gasteiger partial charge in [0.25, 0.3) is 0 Å². The van der Waals surface area contributed by atoms with E-state index in [1.54, 1.807) is 7.11 Å². The number of methoxy groups -OCH3 is 1. The van der Waals surface area contributed by atoms with Gasteiger partial charge in [0.2, 0.25) is 0 Å². The SMILES string of the molecule is COc1ccc(N2CCN(C(=S)c3cccc(Br)c3)CC2)cc1. The van der Waals surface area contributed by atoms with Gasteiger partial charge in [0, 0.05) is 41.9 Å². The second-order valence-electron chi connectivity index (χ2n) is 5.49. The Bertz CT molecular complexity index is 682. The number of hydrogen-bond donors (Lipinski definition) is 0. The Morgan fingerprint density at radius 1 is 1.04 bits per heavy atom. The Balaban J connectivity index is 1.62. The van der Waals surface area contributed by atoms with E-state index in [1.165, 1.54) is 5.69 Å². The van der Waals surface area contributed by atoms with E-state index in [-0.39, 0.29) is 0 Å². The van der Waals surface area contributed by atoms with E-state index >= 15 is 0 Å². The zero-order valence-corrected chi connectivity index (χ0v) is 15.4. The molecule has 23 heavy (non-hydrogen) atoms. The van der Waals surface area contributed by atoms with Crippen molar-refractivity contribution in [3.8, 4) is 5.75 Å². The van der Waals surface area contributed by atoms with E-state index in [2.05, 4.69) is 50.0 Å². The molecule has 0 saturated carbocycles. The number of piperazine rings is 1. The highest BCUT2D eigenvalue weighted by Crippen LogP contribution is 2.21. The predicted molar refractivity (Wildman–Crippen MR) is 103 cm³/mol. The van der Waals surface area contributed by atoms with Gasteiger partial charge in [-0.2, -0.15) is 0 Å². The summed E-state index contributed by atoms with van der Waals surface area (Å²) in [6.07, 6.45) is 0. The molecular formula is C18H19BrN2OS. The molecule has 3 rings (SSSR count). The molecule has 0 spiro atoms. The summed E-state index contributed by atoms with van der Waals surface area (Å²) in [4.78, 5) is 5.61. The lowest BCUT2D eigenvalue weighted by molar-refractivity contribution is 0.392. The molecule has 0 N–H and O–H groups in total. The summed E-state index contributed by atoms with van der Waals surface area (Å²) in [7, 11) is 1.69. The van der Waals surface area contributed by atoms with Crippen LogP contribution in [0.5, 0.6) is 5.75 Å². The molecule has 0 bridgehead atoms. The van der Waals surface area contributed by atoms with Gasteiger partial charge in [-0.25, -0.2) is 0 Å². The van der Waals surface area contributed by atoms with Crippen molar-refractivity contribution in [1.29, 1.82) is 0 Å². The zero-order chi connectivity index (χ0) is 16.2. The summed E-state index contributed by atoms with van der Waals surface area (Å²) in [6, 6.07) is 16.4. The number of thiocarbonyl (C=S) groups is 1. The van der Waals surface area contributed by atoms with E-state index in [1.807, 2.05) is 24.3 Å². The molecule has 1 heterocycles. The first kappa shape index (κ1) is 16.3. The van der Waals surface area contributed by atoms with Crippen molar-refractivity contribution in [3.63, 3.8) is 0 Å². The standard InChI is InChI=1S/C18H19BrN2OS/c1-22-17-7-5-16(6-8-17)20-9-11-21(12-10-20)18(23)14-3-2-4-15(19)13-14/h2-8,13H,9-12H2,1H3. The van der Waals surface area contributed by atoms with Crippen LogP contribution in [0, 0.1) is 0 Å². The number of nitrogens with zero attached hydrogens (tertiary/aromatic N) is 2. The quantitative estimate of drug-likeness (QED) is 0.736. The lowest BCUT2D eigenvalue weighted by atomic mass is 10.2. The summed E-state index contributed by atoms with van der Waals surface area (Å²) in [6.45, 7) is 3.83. The van der Waals surface area contributed by atoms with Crippen LogP contribution in [0.1, 0.15) is 5.56 Å². The number of benzene rings is 2. The van der Waals surface area contributed by atoms with Gasteiger partial charge in [-0.1, -0.05) is 40.3 Å². The van der Waals surface area contributed by atoms with Crippen molar-refractivity contribution >= 4 is 38.8 Å². The predicted octanol–water partition coefficient (Wildman–Crippen LogP) is 3.96. The lowest BCUT2D eigenvalue weighted by Gasteiger charge is -2.37. The van der Waals surface area contributed by atoms with Gasteiger partial charge < -0.3 is 14.5 Å². The van der Waals surface area contributed by atoms with Crippen molar-refractivity contribution in [1.82, 2.24) is 4.90 Å². The van der Waals surface area contributed by atoms with Crippen LogP contribution in [0.25, 0.3) is 0 Å². The highest BCUT2D eigenvalue weighted by atomic mass is 79.9. The number of hydrogen-bond acceptors (Lipinski definition) is 3. The Morgan fingerprint density at radius 3 is 2.35 bits per heavy atom. The molecular weight excluding hydrogens is 372 g/mol. The summed E-state index contributed by atoms with van der Waals surface area (Å²) < 4.78 is 6.28. The lowest BCUT2D eigenvalue weighted by Crippen LogP contribution is -2.48. The summed E-state index contributed by atoms with van der Waals surface area (Å²) in [5, 5.41) is 0. The topological polar surface area (TPSA) is 15.7 Å². The fraction of sp³-hybridized carbons (Fsp3) is 0.278. The van der Waals surface area contributed by atoms with E-state index in [4.69, 9.17) is 17.0 Å². The van der Waals surface area contributed by atoms with Gasteiger partial charge in [0.15, 0.2) is 0 Å². The minimum absolute atomic E-state index is 0.892. The third-order valence-electron chi connectivity index (χ3n) is 4.08. The minimum atomic E-state index is 0.892. The van der Waals surface area contributed by atoms with Gasteiger partial charge >= 0.3 is 0 Å². The fourth-order valence-corrected chi connectivity index (χ4v) is 3.47. The van der Waals surface area contributed by atoms with E-state index in [0.29, 0.717) is 0 Å². The highest BCUT2D eigenvalue weighted by Gasteiger charge is 2.20. The average Bonchev–Trinajstić information content (AvgIpc) is 2.61. The summed E-state index contributed by atoms with van der Waals surface area (Å²) in [5.41, 5.74) is 2.34. The molecule has 0 amide bonds. The van der Waals surface area contributed by atoms with Crippen LogP contribution in [0.2, 0.25) is 0 Å². The number of anilines is 1. The monoisotopic (exact) mass is 390 g/mol. The second kappa shape index (κ2) is 7.32. The highest BCUT2D eigenvalue weighted by molar-refractivity contribution is 9.10. The van der Waals surface area contributed by atoms with Crippen molar-refractivity contribution in [2.24, 2.45) is 0 Å².